The molecular weight excluding hydrogens is 382 g/mol. The lowest BCUT2D eigenvalue weighted by Gasteiger charge is -2.07. The summed E-state index contributed by atoms with van der Waals surface area (Å²) in [6, 6.07) is 14.8. The number of rotatable bonds is 6. The van der Waals surface area contributed by atoms with Gasteiger partial charge in [-0.05, 0) is 24.6 Å². The van der Waals surface area contributed by atoms with Crippen LogP contribution in [0, 0.1) is 6.92 Å². The first kappa shape index (κ1) is 19.1. The summed E-state index contributed by atoms with van der Waals surface area (Å²) in [6.07, 6.45) is 0. The average molecular weight is 399 g/mol. The van der Waals surface area contributed by atoms with Gasteiger partial charge in [0, 0.05) is 12.7 Å². The summed E-state index contributed by atoms with van der Waals surface area (Å²) in [7, 11) is 0. The lowest BCUT2D eigenvalue weighted by atomic mass is 10.2. The van der Waals surface area contributed by atoms with Gasteiger partial charge in [0.2, 0.25) is 5.13 Å². The molecule has 8 heteroatoms. The van der Waals surface area contributed by atoms with Gasteiger partial charge in [0.05, 0.1) is 5.56 Å². The van der Waals surface area contributed by atoms with E-state index in [-0.39, 0.29) is 11.3 Å². The molecule has 0 fully saturated rings. The third kappa shape index (κ3) is 5.38. The number of aromatic nitrogens is 2. The summed E-state index contributed by atoms with van der Waals surface area (Å²) in [5, 5.41) is 11.2. The third-order valence-electron chi connectivity index (χ3n) is 3.46. The van der Waals surface area contributed by atoms with Gasteiger partial charge in [-0.1, -0.05) is 65.1 Å². The van der Waals surface area contributed by atoms with E-state index in [0.717, 1.165) is 10.1 Å². The number of ether oxygens (including phenoxy) is 1. The van der Waals surface area contributed by atoms with Crippen LogP contribution in [0.3, 0.4) is 0 Å². The molecule has 0 bridgehead atoms. The molecule has 138 valence electrons. The summed E-state index contributed by atoms with van der Waals surface area (Å²) < 4.78 is 5.83. The molecule has 1 heterocycles. The molecule has 6 nitrogen and oxygen atoms in total. The van der Waals surface area contributed by atoms with Crippen molar-refractivity contribution >= 4 is 40.1 Å². The summed E-state index contributed by atoms with van der Waals surface area (Å²) in [6.45, 7) is 3.34. The van der Waals surface area contributed by atoms with Crippen molar-refractivity contribution in [1.82, 2.24) is 10.2 Å². The van der Waals surface area contributed by atoms with Crippen molar-refractivity contribution in [2.24, 2.45) is 0 Å². The molecule has 0 unspecified atom stereocenters. The summed E-state index contributed by atoms with van der Waals surface area (Å²) in [4.78, 5) is 23.7. The molecule has 0 spiro atoms. The Bertz CT molecular complexity index is 972. The average Bonchev–Trinajstić information content (AvgIpc) is 3.07. The second-order valence-electron chi connectivity index (χ2n) is 5.69. The molecule has 0 aliphatic rings. The van der Waals surface area contributed by atoms with Gasteiger partial charge in [0.15, 0.2) is 4.34 Å². The number of anilines is 1. The maximum Gasteiger partial charge on any atom is 0.308 e. The van der Waals surface area contributed by atoms with E-state index in [4.69, 9.17) is 4.74 Å². The zero-order valence-corrected chi connectivity index (χ0v) is 16.4. The monoisotopic (exact) mass is 399 g/mol. The lowest BCUT2D eigenvalue weighted by Crippen LogP contribution is -2.14. The van der Waals surface area contributed by atoms with Crippen molar-refractivity contribution in [3.8, 4) is 5.75 Å². The number of benzene rings is 2. The number of para-hydroxylation sites is 1. The second kappa shape index (κ2) is 8.79. The summed E-state index contributed by atoms with van der Waals surface area (Å²) >= 11 is 2.86. The highest BCUT2D eigenvalue weighted by atomic mass is 32.2. The zero-order chi connectivity index (χ0) is 19.2. The van der Waals surface area contributed by atoms with E-state index in [1.165, 1.54) is 29.4 Å². The number of hydrogen-bond acceptors (Lipinski definition) is 7. The molecule has 3 aromatic rings. The van der Waals surface area contributed by atoms with Gasteiger partial charge in [-0.15, -0.1) is 10.2 Å². The number of hydrogen-bond donors (Lipinski definition) is 1. The van der Waals surface area contributed by atoms with Crippen LogP contribution >= 0.6 is 23.1 Å². The van der Waals surface area contributed by atoms with Gasteiger partial charge < -0.3 is 4.74 Å². The summed E-state index contributed by atoms with van der Waals surface area (Å²) in [5.74, 6) is 0.0970. The largest absolute Gasteiger partial charge is 0.426 e. The molecular formula is C19H17N3O3S2. The van der Waals surface area contributed by atoms with Gasteiger partial charge in [-0.3, -0.25) is 14.9 Å². The normalized spacial score (nSPS) is 10.4. The molecule has 3 rings (SSSR count). The van der Waals surface area contributed by atoms with Gasteiger partial charge in [0.1, 0.15) is 5.75 Å². The van der Waals surface area contributed by atoms with Crippen molar-refractivity contribution in [2.75, 3.05) is 5.32 Å². The van der Waals surface area contributed by atoms with Gasteiger partial charge >= 0.3 is 5.97 Å². The fourth-order valence-corrected chi connectivity index (χ4v) is 4.02. The van der Waals surface area contributed by atoms with E-state index < -0.39 is 11.9 Å². The summed E-state index contributed by atoms with van der Waals surface area (Å²) in [5.41, 5.74) is 2.68. The minimum absolute atomic E-state index is 0.209. The molecule has 1 amide bonds. The van der Waals surface area contributed by atoms with Crippen LogP contribution in [0.15, 0.2) is 52.9 Å². The highest BCUT2D eigenvalue weighted by Gasteiger charge is 2.16. The first-order valence-electron chi connectivity index (χ1n) is 8.12. The highest BCUT2D eigenvalue weighted by Crippen LogP contribution is 2.29. The van der Waals surface area contributed by atoms with Crippen LogP contribution in [0.5, 0.6) is 5.75 Å². The molecule has 1 aromatic heterocycles. The Labute approximate surface area is 165 Å². The number of nitrogens with zero attached hydrogens (tertiary/aromatic N) is 2. The first-order valence-corrected chi connectivity index (χ1v) is 9.92. The van der Waals surface area contributed by atoms with Crippen molar-refractivity contribution in [3.63, 3.8) is 0 Å². The Balaban J connectivity index is 1.64. The van der Waals surface area contributed by atoms with Gasteiger partial charge in [-0.25, -0.2) is 0 Å². The number of aryl methyl sites for hydroxylation is 1. The SMILES string of the molecule is CC(=O)Oc1ccccc1C(=O)Nc1nnc(SCc2cccc(C)c2)s1. The molecule has 2 aromatic carbocycles. The predicted molar refractivity (Wildman–Crippen MR) is 106 cm³/mol. The third-order valence-corrected chi connectivity index (χ3v) is 5.50. The number of nitrogens with one attached hydrogen (secondary N) is 1. The maximum atomic E-state index is 12.5. The van der Waals surface area contributed by atoms with E-state index in [0.29, 0.717) is 5.13 Å². The van der Waals surface area contributed by atoms with Crippen LogP contribution in [-0.4, -0.2) is 22.1 Å². The van der Waals surface area contributed by atoms with E-state index in [9.17, 15) is 9.59 Å². The van der Waals surface area contributed by atoms with Crippen LogP contribution < -0.4 is 10.1 Å². The lowest BCUT2D eigenvalue weighted by molar-refractivity contribution is -0.131. The standard InChI is InChI=1S/C19H17N3O3S2/c1-12-6-5-7-14(10-12)11-26-19-22-21-18(27-19)20-17(24)15-8-3-4-9-16(15)25-13(2)23/h3-10H,11H2,1-2H3,(H,20,21,24). The number of amides is 1. The molecule has 0 radical (unpaired) electrons. The fraction of sp³-hybridized carbons (Fsp3) is 0.158. The second-order valence-corrected chi connectivity index (χ2v) is 7.89. The molecule has 0 aliphatic carbocycles. The number of carbonyl (C=O) groups excluding carboxylic acids is 2. The maximum absolute atomic E-state index is 12.5. The van der Waals surface area contributed by atoms with E-state index >= 15 is 0 Å². The minimum Gasteiger partial charge on any atom is -0.426 e. The van der Waals surface area contributed by atoms with E-state index in [1.54, 1.807) is 36.0 Å². The quantitative estimate of drug-likeness (QED) is 0.288. The van der Waals surface area contributed by atoms with Crippen molar-refractivity contribution in [2.45, 2.75) is 23.9 Å². The Morgan fingerprint density at radius 3 is 2.74 bits per heavy atom. The number of esters is 1. The minimum atomic E-state index is -0.485. The van der Waals surface area contributed by atoms with Crippen LogP contribution in [0.4, 0.5) is 5.13 Å². The van der Waals surface area contributed by atoms with Crippen molar-refractivity contribution < 1.29 is 14.3 Å². The smallest absolute Gasteiger partial charge is 0.308 e. The molecule has 27 heavy (non-hydrogen) atoms. The van der Waals surface area contributed by atoms with Crippen LogP contribution in [0.2, 0.25) is 0 Å². The Morgan fingerprint density at radius 1 is 1.15 bits per heavy atom. The van der Waals surface area contributed by atoms with Crippen molar-refractivity contribution in [1.29, 1.82) is 0 Å². The Morgan fingerprint density at radius 2 is 1.96 bits per heavy atom. The zero-order valence-electron chi connectivity index (χ0n) is 14.8. The molecule has 0 saturated carbocycles. The molecule has 0 atom stereocenters. The van der Waals surface area contributed by atoms with E-state index in [2.05, 4.69) is 40.6 Å². The predicted octanol–water partition coefficient (Wildman–Crippen LogP) is 4.32. The Hall–Kier alpha value is -2.71. The highest BCUT2D eigenvalue weighted by molar-refractivity contribution is 8.00. The number of carbonyl (C=O) groups is 2. The molecule has 0 saturated heterocycles. The number of thioether (sulfide) groups is 1. The fourth-order valence-electron chi connectivity index (χ4n) is 2.33. The van der Waals surface area contributed by atoms with Crippen LogP contribution in [0.1, 0.15) is 28.4 Å². The first-order chi connectivity index (χ1) is 13.0. The van der Waals surface area contributed by atoms with E-state index in [1.807, 2.05) is 6.07 Å². The van der Waals surface area contributed by atoms with Crippen LogP contribution in [-0.2, 0) is 10.5 Å². The van der Waals surface area contributed by atoms with Crippen molar-refractivity contribution in [3.05, 3.63) is 65.2 Å². The van der Waals surface area contributed by atoms with Crippen LogP contribution in [0.25, 0.3) is 0 Å². The Kier molecular flexibility index (Phi) is 6.20. The molecule has 1 N–H and O–H groups in total. The van der Waals surface area contributed by atoms with Gasteiger partial charge in [0.25, 0.3) is 5.91 Å². The topological polar surface area (TPSA) is 81.2 Å². The molecule has 0 aliphatic heterocycles. The van der Waals surface area contributed by atoms with Gasteiger partial charge in [-0.2, -0.15) is 0 Å².